The van der Waals surface area contributed by atoms with E-state index in [9.17, 15) is 22.9 Å². The summed E-state index contributed by atoms with van der Waals surface area (Å²) in [7, 11) is -4.38. The standard InChI is InChI=1S/C47H77NO5S/c1-3-5-7-9-11-13-15-17-19-21-22-23-24-25-26-27-29-31-33-35-37-39-41-43-47(50)48-45(44-54(51,52)53)46(49)42-40-38-36-34-32-30-28-20-18-16-14-12-10-8-6-4-2/h5,7,11,13,17,19,22-23,25-26,29,31-32,34-35,37,40,42,45-46,49H,3-4,6,8-10,12,14-16,18,20-21,24,27-28,30,33,36,38-39,41,43-44H2,1-2H3,(H,48,50)(H,51,52,53)/b7-5-,13-11-,19-17-,23-22-,26-25-,31-29-,34-32+,37-35-,42-40+. The van der Waals surface area contributed by atoms with Gasteiger partial charge in [0, 0.05) is 6.42 Å². The quantitative estimate of drug-likeness (QED) is 0.0335. The number of allylic oxidation sites excluding steroid dienone is 17. The van der Waals surface area contributed by atoms with Crippen molar-refractivity contribution in [1.82, 2.24) is 5.32 Å². The Balaban J connectivity index is 4.12. The maximum Gasteiger partial charge on any atom is 0.267 e. The van der Waals surface area contributed by atoms with Gasteiger partial charge in [-0.3, -0.25) is 9.35 Å². The average Bonchev–Trinajstić information content (AvgIpc) is 3.14. The maximum absolute atomic E-state index is 12.5. The van der Waals surface area contributed by atoms with Crippen LogP contribution in [0, 0.1) is 0 Å². The molecular weight excluding hydrogens is 691 g/mol. The van der Waals surface area contributed by atoms with Gasteiger partial charge in [0.2, 0.25) is 5.91 Å². The Kier molecular flexibility index (Phi) is 37.5. The van der Waals surface area contributed by atoms with E-state index < -0.39 is 28.0 Å². The van der Waals surface area contributed by atoms with E-state index >= 15 is 0 Å². The second kappa shape index (κ2) is 39.7. The van der Waals surface area contributed by atoms with Crippen LogP contribution in [0.2, 0.25) is 0 Å². The van der Waals surface area contributed by atoms with Crippen molar-refractivity contribution >= 4 is 16.0 Å². The number of unbranched alkanes of at least 4 members (excludes halogenated alkanes) is 12. The Morgan fingerprint density at radius 1 is 0.519 bits per heavy atom. The highest BCUT2D eigenvalue weighted by Crippen LogP contribution is 2.12. The van der Waals surface area contributed by atoms with Gasteiger partial charge in [0.25, 0.3) is 10.1 Å². The fraction of sp³-hybridized carbons (Fsp3) is 0.596. The van der Waals surface area contributed by atoms with Gasteiger partial charge in [0.05, 0.1) is 17.9 Å². The summed E-state index contributed by atoms with van der Waals surface area (Å²) in [4.78, 5) is 12.5. The molecule has 0 saturated heterocycles. The van der Waals surface area contributed by atoms with Crippen LogP contribution < -0.4 is 5.32 Å². The fourth-order valence-electron chi connectivity index (χ4n) is 5.57. The third-order valence-corrected chi connectivity index (χ3v) is 9.46. The molecule has 7 heteroatoms. The van der Waals surface area contributed by atoms with Crippen molar-refractivity contribution in [2.75, 3.05) is 5.75 Å². The number of nitrogens with one attached hydrogen (secondary N) is 1. The van der Waals surface area contributed by atoms with Gasteiger partial charge in [0.15, 0.2) is 0 Å². The summed E-state index contributed by atoms with van der Waals surface area (Å²) in [5, 5.41) is 13.2. The zero-order valence-corrected chi connectivity index (χ0v) is 34.9. The summed E-state index contributed by atoms with van der Waals surface area (Å²) in [6.45, 7) is 4.40. The Morgan fingerprint density at radius 2 is 0.907 bits per heavy atom. The molecule has 0 aromatic rings. The lowest BCUT2D eigenvalue weighted by Crippen LogP contribution is -2.46. The molecule has 0 fully saturated rings. The van der Waals surface area contributed by atoms with Crippen molar-refractivity contribution in [1.29, 1.82) is 0 Å². The van der Waals surface area contributed by atoms with E-state index in [2.05, 4.69) is 110 Å². The minimum atomic E-state index is -4.38. The topological polar surface area (TPSA) is 104 Å². The lowest BCUT2D eigenvalue weighted by atomic mass is 10.1. The molecule has 0 radical (unpaired) electrons. The van der Waals surface area contributed by atoms with Crippen molar-refractivity contribution in [3.05, 3.63) is 109 Å². The van der Waals surface area contributed by atoms with Crippen molar-refractivity contribution in [2.45, 2.75) is 174 Å². The van der Waals surface area contributed by atoms with E-state index in [0.717, 1.165) is 57.8 Å². The number of hydrogen-bond donors (Lipinski definition) is 3. The monoisotopic (exact) mass is 768 g/mol. The van der Waals surface area contributed by atoms with Crippen LogP contribution >= 0.6 is 0 Å². The second-order valence-corrected chi connectivity index (χ2v) is 15.4. The van der Waals surface area contributed by atoms with Gasteiger partial charge >= 0.3 is 0 Å². The summed E-state index contributed by atoms with van der Waals surface area (Å²) >= 11 is 0. The first-order chi connectivity index (χ1) is 26.3. The van der Waals surface area contributed by atoms with Crippen molar-refractivity contribution in [3.8, 4) is 0 Å². The average molecular weight is 768 g/mol. The SMILES string of the molecule is CC/C=C\C/C=C\C/C=C\C/C=C\C/C=C\C/C=C\C/C=C\CCCC(=O)NC(CS(=O)(=O)O)C(O)/C=C/CC/C=C/CCCCCCCCCCCC. The van der Waals surface area contributed by atoms with E-state index in [-0.39, 0.29) is 12.3 Å². The molecule has 1 amide bonds. The molecular formula is C47H77NO5S. The summed E-state index contributed by atoms with van der Waals surface area (Å²) in [6, 6.07) is -1.11. The summed E-state index contributed by atoms with van der Waals surface area (Å²) in [5.41, 5.74) is 0. The lowest BCUT2D eigenvalue weighted by molar-refractivity contribution is -0.122. The van der Waals surface area contributed by atoms with Crippen LogP contribution in [0.25, 0.3) is 0 Å². The molecule has 54 heavy (non-hydrogen) atoms. The second-order valence-electron chi connectivity index (χ2n) is 13.9. The van der Waals surface area contributed by atoms with Gasteiger partial charge in [-0.2, -0.15) is 8.42 Å². The van der Waals surface area contributed by atoms with E-state index in [1.807, 2.05) is 6.08 Å². The van der Waals surface area contributed by atoms with Crippen LogP contribution in [-0.2, 0) is 14.9 Å². The zero-order chi connectivity index (χ0) is 39.6. The Morgan fingerprint density at radius 3 is 1.39 bits per heavy atom. The molecule has 306 valence electrons. The van der Waals surface area contributed by atoms with E-state index in [0.29, 0.717) is 19.3 Å². The van der Waals surface area contributed by atoms with Crippen LogP contribution in [0.5, 0.6) is 0 Å². The number of aliphatic hydroxyl groups excluding tert-OH is 1. The van der Waals surface area contributed by atoms with Crippen molar-refractivity contribution in [2.24, 2.45) is 0 Å². The van der Waals surface area contributed by atoms with E-state index in [1.54, 1.807) is 6.08 Å². The predicted octanol–water partition coefficient (Wildman–Crippen LogP) is 12.7. The molecule has 0 rings (SSSR count). The predicted molar refractivity (Wildman–Crippen MR) is 234 cm³/mol. The van der Waals surface area contributed by atoms with Crippen LogP contribution in [0.4, 0.5) is 0 Å². The van der Waals surface area contributed by atoms with E-state index in [4.69, 9.17) is 0 Å². The fourth-order valence-corrected chi connectivity index (χ4v) is 6.30. The third-order valence-electron chi connectivity index (χ3n) is 8.68. The van der Waals surface area contributed by atoms with Crippen LogP contribution in [-0.4, -0.2) is 41.9 Å². The summed E-state index contributed by atoms with van der Waals surface area (Å²) in [5.74, 6) is -1.09. The number of hydrogen-bond acceptors (Lipinski definition) is 4. The van der Waals surface area contributed by atoms with Crippen molar-refractivity contribution < 1.29 is 22.9 Å². The van der Waals surface area contributed by atoms with Gasteiger partial charge < -0.3 is 10.4 Å². The number of aliphatic hydroxyl groups is 1. The molecule has 0 aliphatic rings. The molecule has 2 unspecified atom stereocenters. The number of amides is 1. The maximum atomic E-state index is 12.5. The molecule has 6 nitrogen and oxygen atoms in total. The van der Waals surface area contributed by atoms with Gasteiger partial charge in [-0.1, -0.05) is 181 Å². The van der Waals surface area contributed by atoms with Crippen molar-refractivity contribution in [3.63, 3.8) is 0 Å². The van der Waals surface area contributed by atoms with Crippen LogP contribution in [0.1, 0.15) is 162 Å². The van der Waals surface area contributed by atoms with Gasteiger partial charge in [-0.15, -0.1) is 0 Å². The minimum absolute atomic E-state index is 0.201. The molecule has 3 N–H and O–H groups in total. The summed E-state index contributed by atoms with van der Waals surface area (Å²) < 4.78 is 32.5. The summed E-state index contributed by atoms with van der Waals surface area (Å²) in [6.07, 6.45) is 60.8. The van der Waals surface area contributed by atoms with Crippen LogP contribution in [0.15, 0.2) is 109 Å². The lowest BCUT2D eigenvalue weighted by Gasteiger charge is -2.21. The Labute approximate surface area is 331 Å². The molecule has 0 spiro atoms. The molecule has 0 heterocycles. The Hall–Kier alpha value is -3.00. The number of rotatable bonds is 36. The van der Waals surface area contributed by atoms with Gasteiger partial charge in [0.1, 0.15) is 0 Å². The first kappa shape index (κ1) is 51.0. The van der Waals surface area contributed by atoms with E-state index in [1.165, 1.54) is 70.3 Å². The highest BCUT2D eigenvalue weighted by Gasteiger charge is 2.24. The molecule has 0 aromatic heterocycles. The molecule has 0 aliphatic carbocycles. The first-order valence-corrected chi connectivity index (χ1v) is 22.7. The highest BCUT2D eigenvalue weighted by molar-refractivity contribution is 7.85. The number of carbonyl (C=O) groups excluding carboxylic acids is 1. The normalized spacial score (nSPS) is 14.4. The molecule has 2 atom stereocenters. The number of carbonyl (C=O) groups is 1. The van der Waals surface area contributed by atoms with Crippen LogP contribution in [0.3, 0.4) is 0 Å². The smallest absolute Gasteiger partial charge is 0.267 e. The first-order valence-electron chi connectivity index (χ1n) is 21.1. The Bertz CT molecular complexity index is 1250. The highest BCUT2D eigenvalue weighted by atomic mass is 32.2. The molecule has 0 saturated carbocycles. The molecule has 0 aromatic carbocycles. The largest absolute Gasteiger partial charge is 0.387 e. The van der Waals surface area contributed by atoms with Gasteiger partial charge in [-0.25, -0.2) is 0 Å². The minimum Gasteiger partial charge on any atom is -0.387 e. The molecule has 0 aliphatic heterocycles. The van der Waals surface area contributed by atoms with Gasteiger partial charge in [-0.05, 0) is 83.5 Å². The molecule has 0 bridgehead atoms. The zero-order valence-electron chi connectivity index (χ0n) is 34.0. The third kappa shape index (κ3) is 40.2.